The van der Waals surface area contributed by atoms with Crippen LogP contribution in [0.4, 0.5) is 11.4 Å². The summed E-state index contributed by atoms with van der Waals surface area (Å²) in [7, 11) is 0. The molecule has 0 amide bonds. The van der Waals surface area contributed by atoms with E-state index in [1.165, 1.54) is 39.1 Å². The van der Waals surface area contributed by atoms with Gasteiger partial charge in [-0.2, -0.15) is 0 Å². The molecule has 0 bridgehead atoms. The summed E-state index contributed by atoms with van der Waals surface area (Å²) in [4.78, 5) is 2.48. The van der Waals surface area contributed by atoms with Crippen LogP contribution >= 0.6 is 0 Å². The van der Waals surface area contributed by atoms with Crippen LogP contribution in [-0.4, -0.2) is 6.04 Å². The largest absolute Gasteiger partial charge is 0.456 e. The van der Waals surface area contributed by atoms with Gasteiger partial charge in [-0.1, -0.05) is 111 Å². The van der Waals surface area contributed by atoms with Gasteiger partial charge >= 0.3 is 0 Å². The van der Waals surface area contributed by atoms with E-state index in [-0.39, 0.29) is 11.5 Å². The second-order valence-corrected chi connectivity index (χ2v) is 11.8. The Balaban J connectivity index is 1.24. The van der Waals surface area contributed by atoms with Crippen LogP contribution in [0.2, 0.25) is 0 Å². The molecule has 0 saturated heterocycles. The molecule has 8 rings (SSSR count). The number of allylic oxidation sites excluding steroid dienone is 2. The topological polar surface area (TPSA) is 16.4 Å². The van der Waals surface area contributed by atoms with Crippen molar-refractivity contribution in [2.75, 3.05) is 4.90 Å². The zero-order chi connectivity index (χ0) is 27.6. The van der Waals surface area contributed by atoms with Gasteiger partial charge in [-0.15, -0.1) is 0 Å². The Morgan fingerprint density at radius 3 is 2.20 bits per heavy atom. The van der Waals surface area contributed by atoms with Crippen LogP contribution in [0.5, 0.6) is 0 Å². The summed E-state index contributed by atoms with van der Waals surface area (Å²) in [5.41, 5.74) is 12.4. The number of nitrogens with zero attached hydrogens (tertiary/aromatic N) is 1. The van der Waals surface area contributed by atoms with Gasteiger partial charge in [0.2, 0.25) is 0 Å². The summed E-state index contributed by atoms with van der Waals surface area (Å²) in [5, 5.41) is 2.31. The molecule has 2 aliphatic carbocycles. The standard InChI is InChI=1S/C39H31NO/c1-39(2)35-14-8-6-12-31(35)34-24-29(21-23-36(34)39)40(28-18-16-27(17-19-28)26-10-4-3-5-11-26)30-20-22-33-32-13-7-9-15-37(32)41-38(33)25-30/h3-23,25,29H,24H2,1-2H3. The van der Waals surface area contributed by atoms with Crippen molar-refractivity contribution in [2.24, 2.45) is 0 Å². The summed E-state index contributed by atoms with van der Waals surface area (Å²) in [5.74, 6) is 0. The molecule has 198 valence electrons. The molecule has 6 aromatic rings. The zero-order valence-corrected chi connectivity index (χ0v) is 23.3. The first-order valence-electron chi connectivity index (χ1n) is 14.5. The van der Waals surface area contributed by atoms with Crippen molar-refractivity contribution >= 4 is 38.9 Å². The molecule has 41 heavy (non-hydrogen) atoms. The Morgan fingerprint density at radius 2 is 1.34 bits per heavy atom. The SMILES string of the molecule is CC1(C)C2=C(CC(N(c3ccc(-c4ccccc4)cc3)c3ccc4c(c3)oc3ccccc34)C=C2)c2ccccc21. The number of para-hydroxylation sites is 1. The van der Waals surface area contributed by atoms with Crippen LogP contribution in [0, 0.1) is 0 Å². The molecule has 0 radical (unpaired) electrons. The molecule has 2 aliphatic rings. The van der Waals surface area contributed by atoms with Gasteiger partial charge in [-0.25, -0.2) is 0 Å². The fourth-order valence-corrected chi connectivity index (χ4v) is 6.99. The van der Waals surface area contributed by atoms with Crippen molar-refractivity contribution in [3.63, 3.8) is 0 Å². The second kappa shape index (κ2) is 9.11. The number of furan rings is 1. The Kier molecular flexibility index (Phi) is 5.33. The summed E-state index contributed by atoms with van der Waals surface area (Å²) >= 11 is 0. The first-order valence-corrected chi connectivity index (χ1v) is 14.5. The number of rotatable bonds is 4. The van der Waals surface area contributed by atoms with Crippen LogP contribution in [0.15, 0.2) is 143 Å². The maximum atomic E-state index is 6.33. The Labute approximate surface area is 240 Å². The summed E-state index contributed by atoms with van der Waals surface area (Å²) in [6, 6.07) is 43.7. The molecule has 0 fully saturated rings. The smallest absolute Gasteiger partial charge is 0.137 e. The normalized spacial score (nSPS) is 17.2. The third-order valence-corrected chi connectivity index (χ3v) is 9.05. The lowest BCUT2D eigenvalue weighted by molar-refractivity contribution is 0.647. The predicted octanol–water partition coefficient (Wildman–Crippen LogP) is 10.5. The highest BCUT2D eigenvalue weighted by Gasteiger charge is 2.39. The molecule has 2 nitrogen and oxygen atoms in total. The lowest BCUT2D eigenvalue weighted by atomic mass is 9.79. The minimum Gasteiger partial charge on any atom is -0.456 e. The van der Waals surface area contributed by atoms with Gasteiger partial charge in [0, 0.05) is 33.6 Å². The molecule has 0 aliphatic heterocycles. The van der Waals surface area contributed by atoms with Crippen LogP contribution < -0.4 is 4.90 Å². The van der Waals surface area contributed by atoms with Crippen molar-refractivity contribution in [3.05, 3.63) is 150 Å². The van der Waals surface area contributed by atoms with Crippen molar-refractivity contribution in [1.82, 2.24) is 0 Å². The molecular weight excluding hydrogens is 498 g/mol. The monoisotopic (exact) mass is 529 g/mol. The molecule has 2 heteroatoms. The van der Waals surface area contributed by atoms with Gasteiger partial charge in [0.15, 0.2) is 0 Å². The second-order valence-electron chi connectivity index (χ2n) is 11.8. The van der Waals surface area contributed by atoms with Crippen molar-refractivity contribution in [3.8, 4) is 11.1 Å². The van der Waals surface area contributed by atoms with E-state index >= 15 is 0 Å². The fraction of sp³-hybridized carbons (Fsp3) is 0.128. The number of hydrogen-bond acceptors (Lipinski definition) is 2. The van der Waals surface area contributed by atoms with Gasteiger partial charge in [0.1, 0.15) is 11.2 Å². The maximum Gasteiger partial charge on any atom is 0.137 e. The average molecular weight is 530 g/mol. The third-order valence-electron chi connectivity index (χ3n) is 9.05. The van der Waals surface area contributed by atoms with E-state index in [2.05, 4.69) is 140 Å². The van der Waals surface area contributed by atoms with E-state index < -0.39 is 0 Å². The van der Waals surface area contributed by atoms with Crippen LogP contribution in [0.25, 0.3) is 38.6 Å². The lowest BCUT2D eigenvalue weighted by Gasteiger charge is -2.35. The first-order chi connectivity index (χ1) is 20.1. The highest BCUT2D eigenvalue weighted by atomic mass is 16.3. The first kappa shape index (κ1) is 24.0. The van der Waals surface area contributed by atoms with Gasteiger partial charge in [0.05, 0.1) is 6.04 Å². The van der Waals surface area contributed by atoms with Gasteiger partial charge in [-0.05, 0) is 70.2 Å². The Bertz CT molecular complexity index is 1990. The number of fused-ring (bicyclic) bond motifs is 5. The molecule has 0 saturated carbocycles. The summed E-state index contributed by atoms with van der Waals surface area (Å²) in [6.07, 6.45) is 5.74. The highest BCUT2D eigenvalue weighted by Crippen LogP contribution is 2.51. The maximum absolute atomic E-state index is 6.33. The van der Waals surface area contributed by atoms with Gasteiger partial charge in [-0.3, -0.25) is 0 Å². The van der Waals surface area contributed by atoms with Gasteiger partial charge < -0.3 is 9.32 Å². The molecule has 1 atom stereocenters. The van der Waals surface area contributed by atoms with Crippen LogP contribution in [-0.2, 0) is 5.41 Å². The van der Waals surface area contributed by atoms with Crippen LogP contribution in [0.3, 0.4) is 0 Å². The van der Waals surface area contributed by atoms with Crippen molar-refractivity contribution < 1.29 is 4.42 Å². The van der Waals surface area contributed by atoms with Crippen LogP contribution in [0.1, 0.15) is 31.4 Å². The van der Waals surface area contributed by atoms with Crippen molar-refractivity contribution in [2.45, 2.75) is 31.7 Å². The van der Waals surface area contributed by atoms with E-state index in [0.717, 1.165) is 34.0 Å². The van der Waals surface area contributed by atoms with E-state index in [1.54, 1.807) is 0 Å². The average Bonchev–Trinajstić information content (AvgIpc) is 3.50. The molecular formula is C39H31NO. The minimum atomic E-state index is 0.0166. The molecule has 5 aromatic carbocycles. The summed E-state index contributed by atoms with van der Waals surface area (Å²) in [6.45, 7) is 4.71. The lowest BCUT2D eigenvalue weighted by Crippen LogP contribution is -2.31. The fourth-order valence-electron chi connectivity index (χ4n) is 6.99. The predicted molar refractivity (Wildman–Crippen MR) is 172 cm³/mol. The van der Waals surface area contributed by atoms with Crippen molar-refractivity contribution in [1.29, 1.82) is 0 Å². The third kappa shape index (κ3) is 3.78. The minimum absolute atomic E-state index is 0.0166. The number of hydrogen-bond donors (Lipinski definition) is 0. The highest BCUT2D eigenvalue weighted by molar-refractivity contribution is 6.05. The van der Waals surface area contributed by atoms with E-state index in [1.807, 2.05) is 12.1 Å². The zero-order valence-electron chi connectivity index (χ0n) is 23.3. The summed E-state index contributed by atoms with van der Waals surface area (Å²) < 4.78 is 6.33. The van der Waals surface area contributed by atoms with E-state index in [0.29, 0.717) is 0 Å². The van der Waals surface area contributed by atoms with Gasteiger partial charge in [0.25, 0.3) is 0 Å². The molecule has 0 N–H and O–H groups in total. The van der Waals surface area contributed by atoms with E-state index in [9.17, 15) is 0 Å². The molecule has 1 heterocycles. The quantitative estimate of drug-likeness (QED) is 0.226. The molecule has 1 aromatic heterocycles. The molecule has 0 spiro atoms. The number of benzene rings is 5. The molecule has 1 unspecified atom stereocenters. The Hall–Kier alpha value is -4.82. The Morgan fingerprint density at radius 1 is 0.659 bits per heavy atom. The van der Waals surface area contributed by atoms with E-state index in [4.69, 9.17) is 4.42 Å². The number of anilines is 2.